The van der Waals surface area contributed by atoms with E-state index >= 15 is 0 Å². The monoisotopic (exact) mass is 237 g/mol. The summed E-state index contributed by atoms with van der Waals surface area (Å²) in [5.41, 5.74) is 0.902. The van der Waals surface area contributed by atoms with Crippen molar-refractivity contribution in [3.63, 3.8) is 0 Å². The van der Waals surface area contributed by atoms with Crippen LogP contribution in [-0.2, 0) is 4.79 Å². The van der Waals surface area contributed by atoms with Crippen LogP contribution in [0.2, 0.25) is 0 Å². The molecule has 0 aromatic heterocycles. The lowest BCUT2D eigenvalue weighted by molar-refractivity contribution is -0.105. The smallest absolute Gasteiger partial charge is 0.147 e. The average Bonchev–Trinajstić information content (AvgIpc) is 2.29. The number of allylic oxidation sites excluding steroid dienone is 1. The molecule has 1 N–H and O–H groups in total. The van der Waals surface area contributed by atoms with Crippen LogP contribution < -0.4 is 5.32 Å². The van der Waals surface area contributed by atoms with Crippen LogP contribution in [0, 0.1) is 5.92 Å². The molecule has 0 amide bonds. The van der Waals surface area contributed by atoms with Gasteiger partial charge in [-0.05, 0) is 25.5 Å². The molecule has 2 aliphatic rings. The summed E-state index contributed by atoms with van der Waals surface area (Å²) < 4.78 is 0. The molecular weight excluding hydrogens is 218 g/mol. The summed E-state index contributed by atoms with van der Waals surface area (Å²) in [7, 11) is 0. The third kappa shape index (κ3) is 1.87. The van der Waals surface area contributed by atoms with Gasteiger partial charge < -0.3 is 0 Å². The molecule has 2 rings (SSSR count). The number of hydrogen-bond donors (Lipinski definition) is 1. The molecule has 2 nitrogen and oxygen atoms in total. The Kier molecular flexibility index (Phi) is 3.55. The van der Waals surface area contributed by atoms with E-state index < -0.39 is 0 Å². The van der Waals surface area contributed by atoms with Crippen LogP contribution in [0.4, 0.5) is 0 Å². The molecule has 88 valence electrons. The number of nitrogens with one attached hydrogen (secondary N) is 1. The van der Waals surface area contributed by atoms with Gasteiger partial charge in [0.1, 0.15) is 6.29 Å². The second-order valence-corrected chi connectivity index (χ2v) is 5.62. The number of rotatable bonds is 4. The lowest BCUT2D eigenvalue weighted by Gasteiger charge is -2.52. The molecule has 1 aliphatic carbocycles. The minimum Gasteiger partial charge on any atom is -0.298 e. The third-order valence-electron chi connectivity index (χ3n) is 3.64. The number of fused-ring (bicyclic) bond motifs is 1. The van der Waals surface area contributed by atoms with Gasteiger partial charge in [-0.2, -0.15) is 0 Å². The van der Waals surface area contributed by atoms with Crippen molar-refractivity contribution in [2.24, 2.45) is 5.92 Å². The van der Waals surface area contributed by atoms with Gasteiger partial charge >= 0.3 is 0 Å². The van der Waals surface area contributed by atoms with Crippen molar-refractivity contribution < 1.29 is 4.79 Å². The Bertz CT molecular complexity index is 333. The molecule has 3 atom stereocenters. The predicted molar refractivity (Wildman–Crippen MR) is 69.5 cm³/mol. The van der Waals surface area contributed by atoms with Crippen LogP contribution in [0.5, 0.6) is 0 Å². The van der Waals surface area contributed by atoms with E-state index in [2.05, 4.69) is 36.7 Å². The fraction of sp³-hybridized carbons (Fsp3) is 0.615. The maximum absolute atomic E-state index is 11.1. The normalized spacial score (nSPS) is 37.8. The first-order valence-corrected chi connectivity index (χ1v) is 7.14. The van der Waals surface area contributed by atoms with Crippen LogP contribution in [0.1, 0.15) is 26.2 Å². The van der Waals surface area contributed by atoms with E-state index in [0.29, 0.717) is 5.92 Å². The second-order valence-electron chi connectivity index (χ2n) is 4.48. The molecule has 16 heavy (non-hydrogen) atoms. The zero-order valence-electron chi connectivity index (χ0n) is 9.90. The topological polar surface area (TPSA) is 29.1 Å². The Balaban J connectivity index is 2.21. The van der Waals surface area contributed by atoms with Crippen LogP contribution >= 0.6 is 11.8 Å². The first kappa shape index (κ1) is 11.9. The number of carbonyl (C=O) groups excluding carboxylic acids is 1. The van der Waals surface area contributed by atoms with E-state index in [0.717, 1.165) is 18.3 Å². The summed E-state index contributed by atoms with van der Waals surface area (Å²) in [5, 5.41) is 3.63. The molecule has 1 aliphatic heterocycles. The lowest BCUT2D eigenvalue weighted by atomic mass is 9.74. The average molecular weight is 237 g/mol. The summed E-state index contributed by atoms with van der Waals surface area (Å²) >= 11 is 1.89. The van der Waals surface area contributed by atoms with Gasteiger partial charge in [0.2, 0.25) is 0 Å². The molecule has 1 saturated carbocycles. The van der Waals surface area contributed by atoms with Crippen LogP contribution in [0.3, 0.4) is 0 Å². The first-order chi connectivity index (χ1) is 7.75. The molecule has 3 heteroatoms. The van der Waals surface area contributed by atoms with Gasteiger partial charge in [-0.15, -0.1) is 11.8 Å². The van der Waals surface area contributed by atoms with Crippen molar-refractivity contribution in [1.29, 1.82) is 0 Å². The van der Waals surface area contributed by atoms with Crippen molar-refractivity contribution in [1.82, 2.24) is 5.32 Å². The van der Waals surface area contributed by atoms with E-state index in [1.165, 1.54) is 12.8 Å². The molecule has 1 heterocycles. The summed E-state index contributed by atoms with van der Waals surface area (Å²) in [6, 6.07) is 0.112. The molecule has 0 spiro atoms. The van der Waals surface area contributed by atoms with Crippen molar-refractivity contribution >= 4 is 18.0 Å². The second kappa shape index (κ2) is 4.76. The van der Waals surface area contributed by atoms with Gasteiger partial charge in [-0.1, -0.05) is 25.2 Å². The van der Waals surface area contributed by atoms with E-state index in [1.807, 2.05) is 11.8 Å². The Labute approximate surface area is 102 Å². The minimum absolute atomic E-state index is 0.112. The summed E-state index contributed by atoms with van der Waals surface area (Å²) in [6.45, 7) is 2.11. The van der Waals surface area contributed by atoms with Crippen LogP contribution in [-0.4, -0.2) is 23.5 Å². The molecular formula is C13H19NOS. The highest BCUT2D eigenvalue weighted by atomic mass is 32.2. The van der Waals surface area contributed by atoms with Gasteiger partial charge in [0.05, 0.1) is 10.9 Å². The maximum atomic E-state index is 11.1. The van der Waals surface area contributed by atoms with E-state index in [1.54, 1.807) is 0 Å². The van der Waals surface area contributed by atoms with Crippen molar-refractivity contribution in [3.05, 3.63) is 23.8 Å². The molecule has 0 bridgehead atoms. The van der Waals surface area contributed by atoms with Crippen molar-refractivity contribution in [2.45, 2.75) is 37.1 Å². The zero-order valence-corrected chi connectivity index (χ0v) is 10.7. The number of carbonyl (C=O) groups is 1. The van der Waals surface area contributed by atoms with Gasteiger partial charge in [-0.25, -0.2) is 0 Å². The lowest BCUT2D eigenvalue weighted by Crippen LogP contribution is -2.61. The van der Waals surface area contributed by atoms with Gasteiger partial charge in [0.15, 0.2) is 0 Å². The van der Waals surface area contributed by atoms with Crippen LogP contribution in [0.25, 0.3) is 0 Å². The largest absolute Gasteiger partial charge is 0.298 e. The zero-order chi connectivity index (χ0) is 11.6. The molecule has 0 saturated heterocycles. The molecule has 1 fully saturated rings. The fourth-order valence-electron chi connectivity index (χ4n) is 2.51. The van der Waals surface area contributed by atoms with Crippen molar-refractivity contribution in [3.8, 4) is 0 Å². The standard InChI is InChI=1S/C13H19NOS/c1-3-4-5-12-10(9-15)8-11-6-7-13(11,14-12)16-2/h4-5,8-9,11-12,14H,3,6-7H2,1-2H3/b5-4-. The Hall–Kier alpha value is -0.540. The molecule has 0 aromatic rings. The Morgan fingerprint density at radius 1 is 1.69 bits per heavy atom. The van der Waals surface area contributed by atoms with E-state index in [4.69, 9.17) is 0 Å². The highest BCUT2D eigenvalue weighted by Crippen LogP contribution is 2.49. The van der Waals surface area contributed by atoms with E-state index in [9.17, 15) is 4.79 Å². The maximum Gasteiger partial charge on any atom is 0.147 e. The van der Waals surface area contributed by atoms with E-state index in [-0.39, 0.29) is 10.9 Å². The number of thioether (sulfide) groups is 1. The van der Waals surface area contributed by atoms with Crippen molar-refractivity contribution in [2.75, 3.05) is 6.26 Å². The summed E-state index contributed by atoms with van der Waals surface area (Å²) in [4.78, 5) is 11.2. The predicted octanol–water partition coefficient (Wildman–Crippen LogP) is 2.52. The van der Waals surface area contributed by atoms with Gasteiger partial charge in [0, 0.05) is 11.5 Å². The molecule has 0 aromatic carbocycles. The molecule has 3 unspecified atom stereocenters. The quantitative estimate of drug-likeness (QED) is 0.602. The number of hydrogen-bond acceptors (Lipinski definition) is 3. The first-order valence-electron chi connectivity index (χ1n) is 5.92. The highest BCUT2D eigenvalue weighted by Gasteiger charge is 2.48. The fourth-order valence-corrected chi connectivity index (χ4v) is 3.56. The summed E-state index contributed by atoms with van der Waals surface area (Å²) in [6.07, 6.45) is 13.0. The van der Waals surface area contributed by atoms with Gasteiger partial charge in [0.25, 0.3) is 0 Å². The number of aldehydes is 1. The SMILES string of the molecule is CC/C=C\C1NC2(SC)CCC2C=C1C=O. The minimum atomic E-state index is 0.112. The molecule has 0 radical (unpaired) electrons. The third-order valence-corrected chi connectivity index (χ3v) is 5.00. The highest BCUT2D eigenvalue weighted by molar-refractivity contribution is 8.00. The summed E-state index contributed by atoms with van der Waals surface area (Å²) in [5.74, 6) is 0.536. The van der Waals surface area contributed by atoms with Gasteiger partial charge in [-0.3, -0.25) is 10.1 Å². The Morgan fingerprint density at radius 3 is 3.00 bits per heavy atom. The Morgan fingerprint density at radius 2 is 2.50 bits per heavy atom. The van der Waals surface area contributed by atoms with Crippen LogP contribution in [0.15, 0.2) is 23.8 Å².